The molecule has 4 rings (SSSR count). The van der Waals surface area contributed by atoms with Crippen LogP contribution in [-0.4, -0.2) is 26.7 Å². The molecule has 0 bridgehead atoms. The van der Waals surface area contributed by atoms with Gasteiger partial charge in [-0.25, -0.2) is 9.67 Å². The second kappa shape index (κ2) is 9.24. The van der Waals surface area contributed by atoms with Crippen LogP contribution in [0.5, 0.6) is 0 Å². The number of carbonyl (C=O) groups excluding carboxylic acids is 1. The Hall–Kier alpha value is -3.00. The Bertz CT molecular complexity index is 1190. The third-order valence-electron chi connectivity index (χ3n) is 6.06. The standard InChI is InChI=1S/C24H29N5O2S/c1-14-15(2)28-29(4)24(31)20(14)23-25-16(3)21(32-23)22(30)27-19-12-10-18(11-13-19)26-17-8-6-5-7-9-17/h10-13,17,26H,5-9H2,1-4H3,(H,27,30). The lowest BCUT2D eigenvalue weighted by Gasteiger charge is -2.23. The molecule has 1 fully saturated rings. The molecule has 32 heavy (non-hydrogen) atoms. The first kappa shape index (κ1) is 22.2. The zero-order chi connectivity index (χ0) is 22.8. The molecule has 0 spiro atoms. The Morgan fingerprint density at radius 1 is 1.03 bits per heavy atom. The Labute approximate surface area is 191 Å². The van der Waals surface area contributed by atoms with Gasteiger partial charge >= 0.3 is 0 Å². The van der Waals surface area contributed by atoms with Crippen molar-refractivity contribution >= 4 is 28.6 Å². The molecule has 7 nitrogen and oxygen atoms in total. The molecule has 1 amide bonds. The number of thiazole rings is 1. The van der Waals surface area contributed by atoms with Gasteiger partial charge in [-0.2, -0.15) is 5.10 Å². The average Bonchev–Trinajstić information content (AvgIpc) is 3.16. The van der Waals surface area contributed by atoms with Crippen molar-refractivity contribution < 1.29 is 4.79 Å². The number of hydrogen-bond donors (Lipinski definition) is 2. The van der Waals surface area contributed by atoms with Crippen molar-refractivity contribution in [3.63, 3.8) is 0 Å². The summed E-state index contributed by atoms with van der Waals surface area (Å²) in [6.45, 7) is 5.51. The van der Waals surface area contributed by atoms with Crippen LogP contribution in [0.15, 0.2) is 29.1 Å². The molecule has 168 valence electrons. The zero-order valence-corrected chi connectivity index (χ0v) is 19.8. The molecule has 1 aliphatic rings. The average molecular weight is 452 g/mol. The number of amides is 1. The fraction of sp³-hybridized carbons (Fsp3) is 0.417. The summed E-state index contributed by atoms with van der Waals surface area (Å²) in [6.07, 6.45) is 6.33. The topological polar surface area (TPSA) is 88.9 Å². The molecular weight excluding hydrogens is 422 g/mol. The number of anilines is 2. The quantitative estimate of drug-likeness (QED) is 0.580. The molecule has 2 aromatic heterocycles. The van der Waals surface area contributed by atoms with Gasteiger partial charge in [-0.05, 0) is 63.4 Å². The summed E-state index contributed by atoms with van der Waals surface area (Å²) in [5, 5.41) is 11.3. The van der Waals surface area contributed by atoms with Crippen LogP contribution in [0, 0.1) is 20.8 Å². The molecule has 3 aromatic rings. The summed E-state index contributed by atoms with van der Waals surface area (Å²) in [7, 11) is 1.62. The third kappa shape index (κ3) is 4.60. The minimum absolute atomic E-state index is 0.213. The van der Waals surface area contributed by atoms with Crippen LogP contribution in [0.3, 0.4) is 0 Å². The van der Waals surface area contributed by atoms with Crippen LogP contribution < -0.4 is 16.2 Å². The SMILES string of the molecule is Cc1nc(-c2c(C)c(C)nn(C)c2=O)sc1C(=O)Nc1ccc(NC2CCCCC2)cc1. The smallest absolute Gasteiger partial charge is 0.277 e. The highest BCUT2D eigenvalue weighted by atomic mass is 32.1. The minimum Gasteiger partial charge on any atom is -0.382 e. The molecule has 0 aliphatic heterocycles. The van der Waals surface area contributed by atoms with Gasteiger partial charge in [0.25, 0.3) is 11.5 Å². The van der Waals surface area contributed by atoms with E-state index in [9.17, 15) is 9.59 Å². The van der Waals surface area contributed by atoms with Crippen molar-refractivity contribution in [1.82, 2.24) is 14.8 Å². The van der Waals surface area contributed by atoms with E-state index in [0.29, 0.717) is 27.2 Å². The Morgan fingerprint density at radius 2 is 1.69 bits per heavy atom. The van der Waals surface area contributed by atoms with E-state index in [1.165, 1.54) is 48.1 Å². The fourth-order valence-electron chi connectivity index (χ4n) is 4.13. The van der Waals surface area contributed by atoms with E-state index in [1.54, 1.807) is 14.0 Å². The van der Waals surface area contributed by atoms with Gasteiger partial charge in [0.15, 0.2) is 0 Å². The molecule has 1 saturated carbocycles. The maximum absolute atomic E-state index is 12.9. The molecule has 8 heteroatoms. The van der Waals surface area contributed by atoms with Crippen molar-refractivity contribution in [1.29, 1.82) is 0 Å². The van der Waals surface area contributed by atoms with Gasteiger partial charge in [-0.3, -0.25) is 9.59 Å². The third-order valence-corrected chi connectivity index (χ3v) is 7.23. The van der Waals surface area contributed by atoms with E-state index in [-0.39, 0.29) is 11.5 Å². The Morgan fingerprint density at radius 3 is 2.38 bits per heavy atom. The van der Waals surface area contributed by atoms with E-state index in [4.69, 9.17) is 0 Å². The first-order valence-electron chi connectivity index (χ1n) is 11.0. The van der Waals surface area contributed by atoms with Crippen LogP contribution in [0.25, 0.3) is 10.6 Å². The molecule has 2 N–H and O–H groups in total. The number of aromatic nitrogens is 3. The largest absolute Gasteiger partial charge is 0.382 e. The molecule has 0 atom stereocenters. The van der Waals surface area contributed by atoms with Crippen LogP contribution in [0.4, 0.5) is 11.4 Å². The summed E-state index contributed by atoms with van der Waals surface area (Å²) >= 11 is 1.24. The number of rotatable bonds is 5. The van der Waals surface area contributed by atoms with Crippen molar-refractivity contribution in [3.05, 3.63) is 56.4 Å². The normalized spacial score (nSPS) is 14.4. The van der Waals surface area contributed by atoms with Gasteiger partial charge in [0, 0.05) is 24.5 Å². The predicted molar refractivity (Wildman–Crippen MR) is 130 cm³/mol. The molecule has 0 saturated heterocycles. The summed E-state index contributed by atoms with van der Waals surface area (Å²) in [6, 6.07) is 8.36. The lowest BCUT2D eigenvalue weighted by molar-refractivity contribution is 0.103. The predicted octanol–water partition coefficient (Wildman–Crippen LogP) is 4.83. The summed E-state index contributed by atoms with van der Waals surface area (Å²) < 4.78 is 1.32. The number of benzene rings is 1. The Kier molecular flexibility index (Phi) is 6.41. The number of carbonyl (C=O) groups is 1. The second-order valence-corrected chi connectivity index (χ2v) is 9.46. The van der Waals surface area contributed by atoms with Crippen LogP contribution in [0.2, 0.25) is 0 Å². The Balaban J connectivity index is 1.50. The van der Waals surface area contributed by atoms with Gasteiger partial charge in [0.2, 0.25) is 0 Å². The van der Waals surface area contributed by atoms with Crippen LogP contribution in [0.1, 0.15) is 58.7 Å². The first-order valence-corrected chi connectivity index (χ1v) is 11.9. The van der Waals surface area contributed by atoms with Gasteiger partial charge in [0.05, 0.1) is 17.0 Å². The maximum Gasteiger partial charge on any atom is 0.277 e. The lowest BCUT2D eigenvalue weighted by atomic mass is 9.95. The molecule has 0 radical (unpaired) electrons. The van der Waals surface area contributed by atoms with E-state index in [0.717, 1.165) is 22.6 Å². The maximum atomic E-state index is 12.9. The second-order valence-electron chi connectivity index (χ2n) is 8.46. The van der Waals surface area contributed by atoms with Gasteiger partial charge in [-0.15, -0.1) is 11.3 Å². The molecule has 2 heterocycles. The van der Waals surface area contributed by atoms with Crippen molar-refractivity contribution in [2.45, 2.75) is 58.9 Å². The zero-order valence-electron chi connectivity index (χ0n) is 19.0. The van der Waals surface area contributed by atoms with Gasteiger partial charge in [0.1, 0.15) is 9.88 Å². The van der Waals surface area contributed by atoms with Gasteiger partial charge < -0.3 is 10.6 Å². The van der Waals surface area contributed by atoms with Crippen molar-refractivity contribution in [3.8, 4) is 10.6 Å². The van der Waals surface area contributed by atoms with Crippen LogP contribution in [-0.2, 0) is 7.05 Å². The number of hydrogen-bond acceptors (Lipinski definition) is 6. The highest BCUT2D eigenvalue weighted by Crippen LogP contribution is 2.29. The number of nitrogens with zero attached hydrogens (tertiary/aromatic N) is 3. The first-order chi connectivity index (χ1) is 15.3. The minimum atomic E-state index is -0.223. The van der Waals surface area contributed by atoms with E-state index >= 15 is 0 Å². The number of aryl methyl sites for hydroxylation is 3. The van der Waals surface area contributed by atoms with Crippen molar-refractivity contribution in [2.24, 2.45) is 7.05 Å². The highest BCUT2D eigenvalue weighted by molar-refractivity contribution is 7.17. The van der Waals surface area contributed by atoms with Crippen LogP contribution >= 0.6 is 11.3 Å². The molecular formula is C24H29N5O2S. The summed E-state index contributed by atoms with van der Waals surface area (Å²) in [4.78, 5) is 30.6. The molecule has 1 aliphatic carbocycles. The fourth-order valence-corrected chi connectivity index (χ4v) is 5.19. The molecule has 0 unspecified atom stereocenters. The summed E-state index contributed by atoms with van der Waals surface area (Å²) in [5.41, 5.74) is 4.25. The number of nitrogens with one attached hydrogen (secondary N) is 2. The molecule has 1 aromatic carbocycles. The highest BCUT2D eigenvalue weighted by Gasteiger charge is 2.21. The van der Waals surface area contributed by atoms with E-state index in [1.807, 2.05) is 38.1 Å². The van der Waals surface area contributed by atoms with E-state index in [2.05, 4.69) is 20.7 Å². The lowest BCUT2D eigenvalue weighted by Crippen LogP contribution is -2.23. The summed E-state index contributed by atoms with van der Waals surface area (Å²) in [5.74, 6) is -0.223. The monoisotopic (exact) mass is 451 g/mol. The van der Waals surface area contributed by atoms with E-state index < -0.39 is 0 Å². The van der Waals surface area contributed by atoms with Gasteiger partial charge in [-0.1, -0.05) is 19.3 Å². The van der Waals surface area contributed by atoms with Crippen molar-refractivity contribution in [2.75, 3.05) is 10.6 Å².